The molecule has 1 aliphatic rings. The molecular weight excluding hydrogens is 429 g/mol. The summed E-state index contributed by atoms with van der Waals surface area (Å²) in [6.45, 7) is 3.82. The Morgan fingerprint density at radius 3 is 2.39 bits per heavy atom. The van der Waals surface area contributed by atoms with Crippen LogP contribution in [0, 0.1) is 0 Å². The summed E-state index contributed by atoms with van der Waals surface area (Å²) < 4.78 is 67.5. The fourth-order valence-corrected chi connectivity index (χ4v) is 4.74. The molecule has 3 aromatic rings. The molecule has 0 aliphatic carbocycles. The van der Waals surface area contributed by atoms with Crippen LogP contribution in [0.3, 0.4) is 0 Å². The van der Waals surface area contributed by atoms with E-state index >= 15 is 0 Å². The van der Waals surface area contributed by atoms with Gasteiger partial charge in [-0.25, -0.2) is 18.4 Å². The summed E-state index contributed by atoms with van der Waals surface area (Å²) in [5, 5.41) is 2.76. The van der Waals surface area contributed by atoms with Gasteiger partial charge in [0.25, 0.3) is 10.0 Å². The third kappa shape index (κ3) is 3.95. The van der Waals surface area contributed by atoms with Crippen molar-refractivity contribution in [1.29, 1.82) is 0 Å². The van der Waals surface area contributed by atoms with Crippen LogP contribution in [-0.4, -0.2) is 18.4 Å². The zero-order valence-electron chi connectivity index (χ0n) is 16.7. The van der Waals surface area contributed by atoms with E-state index in [2.05, 4.69) is 15.3 Å². The SMILES string of the molecule is CC(C)c1ccc(S(=O)(=O)N2Cc3ccc(C(F)(F)F)nc3Nc3ncccc32)cc1. The van der Waals surface area contributed by atoms with Crippen molar-refractivity contribution in [2.75, 3.05) is 9.62 Å². The van der Waals surface area contributed by atoms with Crippen LogP contribution in [0.15, 0.2) is 59.6 Å². The quantitative estimate of drug-likeness (QED) is 0.605. The molecule has 0 spiro atoms. The number of benzene rings is 1. The van der Waals surface area contributed by atoms with Crippen LogP contribution in [0.2, 0.25) is 0 Å². The molecule has 0 fully saturated rings. The monoisotopic (exact) mass is 448 g/mol. The maximum Gasteiger partial charge on any atom is 0.433 e. The highest BCUT2D eigenvalue weighted by molar-refractivity contribution is 7.92. The highest BCUT2D eigenvalue weighted by atomic mass is 32.2. The van der Waals surface area contributed by atoms with Crippen molar-refractivity contribution in [3.05, 3.63) is 71.5 Å². The van der Waals surface area contributed by atoms with Crippen molar-refractivity contribution >= 4 is 27.3 Å². The molecule has 3 heterocycles. The van der Waals surface area contributed by atoms with Crippen molar-refractivity contribution in [2.24, 2.45) is 0 Å². The molecule has 0 amide bonds. The fourth-order valence-electron chi connectivity index (χ4n) is 3.29. The van der Waals surface area contributed by atoms with Gasteiger partial charge in [-0.05, 0) is 41.8 Å². The number of sulfonamides is 1. The van der Waals surface area contributed by atoms with Crippen molar-refractivity contribution < 1.29 is 21.6 Å². The number of hydrogen-bond acceptors (Lipinski definition) is 5. The van der Waals surface area contributed by atoms with Gasteiger partial charge in [-0.15, -0.1) is 0 Å². The number of rotatable bonds is 3. The summed E-state index contributed by atoms with van der Waals surface area (Å²) >= 11 is 0. The van der Waals surface area contributed by atoms with Gasteiger partial charge in [-0.3, -0.25) is 4.31 Å². The van der Waals surface area contributed by atoms with Crippen molar-refractivity contribution in [3.8, 4) is 0 Å². The Morgan fingerprint density at radius 2 is 1.74 bits per heavy atom. The molecule has 2 aromatic heterocycles. The number of pyridine rings is 2. The predicted octanol–water partition coefficient (Wildman–Crippen LogP) is 5.07. The maximum atomic E-state index is 13.5. The Labute approximate surface area is 177 Å². The minimum absolute atomic E-state index is 0.0787. The Hall–Kier alpha value is -3.14. The summed E-state index contributed by atoms with van der Waals surface area (Å²) in [5.74, 6) is 0.267. The van der Waals surface area contributed by atoms with Gasteiger partial charge in [-0.1, -0.05) is 32.0 Å². The molecule has 1 N–H and O–H groups in total. The van der Waals surface area contributed by atoms with E-state index in [1.165, 1.54) is 24.4 Å². The predicted molar refractivity (Wildman–Crippen MR) is 111 cm³/mol. The van der Waals surface area contributed by atoms with Crippen LogP contribution < -0.4 is 9.62 Å². The lowest BCUT2D eigenvalue weighted by atomic mass is 10.0. The lowest BCUT2D eigenvalue weighted by molar-refractivity contribution is -0.141. The van der Waals surface area contributed by atoms with Gasteiger partial charge in [0.15, 0.2) is 5.82 Å². The Bertz CT molecular complexity index is 1230. The van der Waals surface area contributed by atoms with Crippen molar-refractivity contribution in [3.63, 3.8) is 0 Å². The highest BCUT2D eigenvalue weighted by Crippen LogP contribution is 2.38. The first-order valence-electron chi connectivity index (χ1n) is 9.49. The van der Waals surface area contributed by atoms with Crippen LogP contribution in [0.4, 0.5) is 30.5 Å². The minimum Gasteiger partial charge on any atom is -0.323 e. The standard InChI is InChI=1S/C21H19F3N4O2S/c1-13(2)14-5-8-16(9-6-14)31(29,30)28-12-15-7-10-18(21(22,23)24)26-19(15)27-20-17(28)4-3-11-25-20/h3-11,13H,12H2,1-2H3,(H,25,26,27). The van der Waals surface area contributed by atoms with Crippen LogP contribution in [0.5, 0.6) is 0 Å². The van der Waals surface area contributed by atoms with Crippen molar-refractivity contribution in [1.82, 2.24) is 9.97 Å². The first-order valence-corrected chi connectivity index (χ1v) is 10.9. The highest BCUT2D eigenvalue weighted by Gasteiger charge is 2.35. The van der Waals surface area contributed by atoms with Gasteiger partial charge in [0.2, 0.25) is 0 Å². The van der Waals surface area contributed by atoms with Crippen LogP contribution in [0.1, 0.15) is 36.6 Å². The zero-order chi connectivity index (χ0) is 22.4. The van der Waals surface area contributed by atoms with Gasteiger partial charge in [0.05, 0.1) is 17.1 Å². The average Bonchev–Trinajstić information content (AvgIpc) is 2.89. The van der Waals surface area contributed by atoms with Gasteiger partial charge < -0.3 is 5.32 Å². The molecule has 0 saturated heterocycles. The first-order chi connectivity index (χ1) is 14.6. The molecule has 31 heavy (non-hydrogen) atoms. The second kappa shape index (κ2) is 7.52. The number of aromatic nitrogens is 2. The molecule has 0 atom stereocenters. The molecule has 0 radical (unpaired) electrons. The molecule has 0 bridgehead atoms. The number of nitrogens with one attached hydrogen (secondary N) is 1. The molecule has 6 nitrogen and oxygen atoms in total. The van der Waals surface area contributed by atoms with E-state index in [4.69, 9.17) is 0 Å². The number of nitrogens with zero attached hydrogens (tertiary/aromatic N) is 3. The van der Waals surface area contributed by atoms with Crippen LogP contribution in [-0.2, 0) is 22.7 Å². The normalized spacial score (nSPS) is 13.9. The maximum absolute atomic E-state index is 13.5. The molecule has 0 saturated carbocycles. The molecule has 0 unspecified atom stereocenters. The molecule has 4 rings (SSSR count). The first kappa shape index (κ1) is 21.1. The second-order valence-electron chi connectivity index (χ2n) is 7.43. The third-order valence-corrected chi connectivity index (χ3v) is 6.78. The third-order valence-electron chi connectivity index (χ3n) is 5.01. The lowest BCUT2D eigenvalue weighted by Gasteiger charge is -2.24. The summed E-state index contributed by atoms with van der Waals surface area (Å²) in [5.41, 5.74) is 0.444. The van der Waals surface area contributed by atoms with Crippen molar-refractivity contribution in [2.45, 2.75) is 37.4 Å². The average molecular weight is 448 g/mol. The largest absolute Gasteiger partial charge is 0.433 e. The van der Waals surface area contributed by atoms with E-state index in [9.17, 15) is 21.6 Å². The zero-order valence-corrected chi connectivity index (χ0v) is 17.5. The summed E-state index contributed by atoms with van der Waals surface area (Å²) in [6, 6.07) is 11.8. The number of halogens is 3. The van der Waals surface area contributed by atoms with Crippen LogP contribution >= 0.6 is 0 Å². The van der Waals surface area contributed by atoms with E-state index in [1.54, 1.807) is 24.3 Å². The smallest absolute Gasteiger partial charge is 0.323 e. The molecule has 162 valence electrons. The molecular formula is C21H19F3N4O2S. The molecule has 1 aromatic carbocycles. The summed E-state index contributed by atoms with van der Waals surface area (Å²) in [6.07, 6.45) is -3.20. The number of anilines is 3. The number of alkyl halides is 3. The van der Waals surface area contributed by atoms with Gasteiger partial charge in [0, 0.05) is 11.8 Å². The number of hydrogen-bond donors (Lipinski definition) is 1. The summed E-state index contributed by atoms with van der Waals surface area (Å²) in [7, 11) is -4.02. The minimum atomic E-state index is -4.63. The van der Waals surface area contributed by atoms with E-state index in [0.717, 1.165) is 15.9 Å². The fraction of sp³-hybridized carbons (Fsp3) is 0.238. The van der Waals surface area contributed by atoms with E-state index < -0.39 is 21.9 Å². The van der Waals surface area contributed by atoms with E-state index in [-0.39, 0.29) is 34.7 Å². The Kier molecular flexibility index (Phi) is 5.12. The summed E-state index contributed by atoms with van der Waals surface area (Å²) in [4.78, 5) is 7.87. The number of fused-ring (bicyclic) bond motifs is 2. The topological polar surface area (TPSA) is 75.2 Å². The Morgan fingerprint density at radius 1 is 1.03 bits per heavy atom. The second-order valence-corrected chi connectivity index (χ2v) is 9.30. The molecule has 1 aliphatic heterocycles. The Balaban J connectivity index is 1.82. The van der Waals surface area contributed by atoms with Gasteiger partial charge in [-0.2, -0.15) is 13.2 Å². The molecule has 10 heteroatoms. The van der Waals surface area contributed by atoms with E-state index in [0.29, 0.717) is 5.56 Å². The van der Waals surface area contributed by atoms with Gasteiger partial charge in [0.1, 0.15) is 11.5 Å². The van der Waals surface area contributed by atoms with Gasteiger partial charge >= 0.3 is 6.18 Å². The lowest BCUT2D eigenvalue weighted by Crippen LogP contribution is -2.30. The van der Waals surface area contributed by atoms with Crippen LogP contribution in [0.25, 0.3) is 0 Å². The van der Waals surface area contributed by atoms with E-state index in [1.807, 2.05) is 13.8 Å².